The molecule has 5 heteroatoms. The van der Waals surface area contributed by atoms with Crippen LogP contribution in [0.3, 0.4) is 0 Å². The number of anilines is 1. The molecule has 0 aliphatic carbocycles. The maximum atomic E-state index is 12.5. The lowest BCUT2D eigenvalue weighted by molar-refractivity contribution is 0.102. The summed E-state index contributed by atoms with van der Waals surface area (Å²) in [6, 6.07) is 19.7. The van der Waals surface area contributed by atoms with Crippen molar-refractivity contribution >= 4 is 34.8 Å². The van der Waals surface area contributed by atoms with E-state index in [9.17, 15) is 9.90 Å². The van der Waals surface area contributed by atoms with Crippen LogP contribution in [0.1, 0.15) is 21.5 Å². The first kappa shape index (κ1) is 17.3. The predicted octanol–water partition coefficient (Wildman–Crippen LogP) is 5.54. The molecule has 3 aromatic carbocycles. The minimum absolute atomic E-state index is 0.0242. The van der Waals surface area contributed by atoms with Crippen molar-refractivity contribution in [3.05, 3.63) is 93.5 Å². The Labute approximate surface area is 155 Å². The van der Waals surface area contributed by atoms with E-state index in [0.717, 1.165) is 5.56 Å². The molecule has 2 N–H and O–H groups in total. The minimum Gasteiger partial charge on any atom is -0.507 e. The number of carbonyl (C=O) groups excluding carboxylic acids is 1. The lowest BCUT2D eigenvalue weighted by Gasteiger charge is -2.11. The van der Waals surface area contributed by atoms with Gasteiger partial charge < -0.3 is 10.4 Å². The van der Waals surface area contributed by atoms with Crippen molar-refractivity contribution in [3.63, 3.8) is 0 Å². The van der Waals surface area contributed by atoms with Gasteiger partial charge in [-0.05, 0) is 35.4 Å². The molecule has 0 spiro atoms. The van der Waals surface area contributed by atoms with E-state index >= 15 is 0 Å². The second-order valence-electron chi connectivity index (χ2n) is 5.56. The van der Waals surface area contributed by atoms with Gasteiger partial charge in [-0.15, -0.1) is 0 Å². The van der Waals surface area contributed by atoms with Crippen LogP contribution in [0, 0.1) is 0 Å². The van der Waals surface area contributed by atoms with E-state index in [2.05, 4.69) is 5.32 Å². The van der Waals surface area contributed by atoms with Crippen molar-refractivity contribution in [2.45, 2.75) is 6.42 Å². The van der Waals surface area contributed by atoms with Gasteiger partial charge in [-0.3, -0.25) is 4.79 Å². The Hall–Kier alpha value is -2.49. The summed E-state index contributed by atoms with van der Waals surface area (Å²) < 4.78 is 0. The third-order valence-electron chi connectivity index (χ3n) is 3.78. The zero-order valence-corrected chi connectivity index (χ0v) is 14.7. The van der Waals surface area contributed by atoms with Crippen LogP contribution >= 0.6 is 23.2 Å². The molecule has 0 saturated heterocycles. The molecule has 126 valence electrons. The molecule has 0 fully saturated rings. The van der Waals surface area contributed by atoms with E-state index in [1.54, 1.807) is 36.4 Å². The molecule has 0 aliphatic heterocycles. The summed E-state index contributed by atoms with van der Waals surface area (Å²) in [7, 11) is 0. The molecule has 3 nitrogen and oxygen atoms in total. The number of amides is 1. The number of hydrogen-bond acceptors (Lipinski definition) is 2. The van der Waals surface area contributed by atoms with Crippen LogP contribution in [0.5, 0.6) is 5.75 Å². The number of phenolic OH excluding ortho intramolecular Hbond substituents is 1. The van der Waals surface area contributed by atoms with E-state index in [0.29, 0.717) is 27.7 Å². The van der Waals surface area contributed by atoms with Gasteiger partial charge in [-0.2, -0.15) is 0 Å². The molecule has 0 aromatic heterocycles. The van der Waals surface area contributed by atoms with Crippen LogP contribution in [0.15, 0.2) is 66.7 Å². The van der Waals surface area contributed by atoms with Crippen LogP contribution in [0.25, 0.3) is 0 Å². The van der Waals surface area contributed by atoms with Gasteiger partial charge in [0, 0.05) is 12.1 Å². The summed E-state index contributed by atoms with van der Waals surface area (Å²) in [6.45, 7) is 0. The van der Waals surface area contributed by atoms with Gasteiger partial charge in [0.25, 0.3) is 5.91 Å². The standard InChI is InChI=1S/C20H15Cl2NO2/c21-17-10-9-15(12-18(17)22)23-20(25)16-8-4-7-14(19(16)24)11-13-5-2-1-3-6-13/h1-10,12,24H,11H2,(H,23,25). The largest absolute Gasteiger partial charge is 0.507 e. The molecule has 0 unspecified atom stereocenters. The fourth-order valence-electron chi connectivity index (χ4n) is 2.51. The number of benzene rings is 3. The van der Waals surface area contributed by atoms with E-state index in [4.69, 9.17) is 23.2 Å². The molecule has 0 heterocycles. The number of carbonyl (C=O) groups is 1. The quantitative estimate of drug-likeness (QED) is 0.632. The van der Waals surface area contributed by atoms with Crippen molar-refractivity contribution < 1.29 is 9.90 Å². The Kier molecular flexibility index (Phi) is 5.27. The lowest BCUT2D eigenvalue weighted by atomic mass is 10.0. The molecular weight excluding hydrogens is 357 g/mol. The highest BCUT2D eigenvalue weighted by molar-refractivity contribution is 6.42. The molecule has 1 amide bonds. The highest BCUT2D eigenvalue weighted by Gasteiger charge is 2.15. The maximum absolute atomic E-state index is 12.5. The summed E-state index contributed by atoms with van der Waals surface area (Å²) >= 11 is 11.8. The third kappa shape index (κ3) is 4.13. The van der Waals surface area contributed by atoms with E-state index < -0.39 is 5.91 Å². The van der Waals surface area contributed by atoms with Crippen molar-refractivity contribution in [2.75, 3.05) is 5.32 Å². The summed E-state index contributed by atoms with van der Waals surface area (Å²) in [5.41, 5.74) is 2.46. The third-order valence-corrected chi connectivity index (χ3v) is 4.52. The highest BCUT2D eigenvalue weighted by atomic mass is 35.5. The first-order valence-corrected chi connectivity index (χ1v) is 8.41. The number of nitrogens with one attached hydrogen (secondary N) is 1. The average Bonchev–Trinajstić information content (AvgIpc) is 2.61. The minimum atomic E-state index is -0.411. The Morgan fingerprint density at radius 1 is 0.920 bits per heavy atom. The van der Waals surface area contributed by atoms with Crippen molar-refractivity contribution in [3.8, 4) is 5.75 Å². The van der Waals surface area contributed by atoms with E-state index in [-0.39, 0.29) is 11.3 Å². The van der Waals surface area contributed by atoms with Crippen LogP contribution < -0.4 is 5.32 Å². The molecule has 0 bridgehead atoms. The summed E-state index contributed by atoms with van der Waals surface area (Å²) in [4.78, 5) is 12.5. The first-order chi connectivity index (χ1) is 12.0. The van der Waals surface area contributed by atoms with Gasteiger partial charge in [0.05, 0.1) is 15.6 Å². The van der Waals surface area contributed by atoms with Gasteiger partial charge in [-0.25, -0.2) is 0 Å². The first-order valence-electron chi connectivity index (χ1n) is 7.66. The van der Waals surface area contributed by atoms with Crippen molar-refractivity contribution in [1.82, 2.24) is 0 Å². The number of para-hydroxylation sites is 1. The van der Waals surface area contributed by atoms with Gasteiger partial charge in [0.15, 0.2) is 0 Å². The SMILES string of the molecule is O=C(Nc1ccc(Cl)c(Cl)c1)c1cccc(Cc2ccccc2)c1O. The van der Waals surface area contributed by atoms with Crippen molar-refractivity contribution in [2.24, 2.45) is 0 Å². The average molecular weight is 372 g/mol. The van der Waals surface area contributed by atoms with Crippen LogP contribution in [-0.4, -0.2) is 11.0 Å². The molecule has 0 saturated carbocycles. The normalized spacial score (nSPS) is 10.5. The predicted molar refractivity (Wildman–Crippen MR) is 102 cm³/mol. The van der Waals surface area contributed by atoms with Crippen LogP contribution in [0.2, 0.25) is 10.0 Å². The fourth-order valence-corrected chi connectivity index (χ4v) is 2.80. The molecule has 0 aliphatic rings. The zero-order chi connectivity index (χ0) is 17.8. The smallest absolute Gasteiger partial charge is 0.259 e. The van der Waals surface area contributed by atoms with Gasteiger partial charge in [0.1, 0.15) is 5.75 Å². The summed E-state index contributed by atoms with van der Waals surface area (Å²) in [5, 5.41) is 14.0. The number of hydrogen-bond donors (Lipinski definition) is 2. The number of phenols is 1. The topological polar surface area (TPSA) is 49.3 Å². The van der Waals surface area contributed by atoms with Crippen LogP contribution in [0.4, 0.5) is 5.69 Å². The van der Waals surface area contributed by atoms with Gasteiger partial charge in [0.2, 0.25) is 0 Å². The van der Waals surface area contributed by atoms with E-state index in [1.165, 1.54) is 0 Å². The lowest BCUT2D eigenvalue weighted by Crippen LogP contribution is -2.12. The molecule has 3 rings (SSSR count). The number of aromatic hydroxyl groups is 1. The molecule has 3 aromatic rings. The van der Waals surface area contributed by atoms with Crippen LogP contribution in [-0.2, 0) is 6.42 Å². The highest BCUT2D eigenvalue weighted by Crippen LogP contribution is 2.28. The Morgan fingerprint density at radius 3 is 2.40 bits per heavy atom. The Morgan fingerprint density at radius 2 is 1.68 bits per heavy atom. The zero-order valence-electron chi connectivity index (χ0n) is 13.2. The Bertz CT molecular complexity index is 911. The summed E-state index contributed by atoms with van der Waals surface area (Å²) in [6.07, 6.45) is 0.542. The van der Waals surface area contributed by atoms with Crippen molar-refractivity contribution in [1.29, 1.82) is 0 Å². The molecule has 0 radical (unpaired) electrons. The second kappa shape index (κ2) is 7.60. The monoisotopic (exact) mass is 371 g/mol. The molecule has 0 atom stereocenters. The number of halogens is 2. The Balaban J connectivity index is 1.83. The van der Waals surface area contributed by atoms with Gasteiger partial charge >= 0.3 is 0 Å². The number of rotatable bonds is 4. The molecular formula is C20H15Cl2NO2. The maximum Gasteiger partial charge on any atom is 0.259 e. The van der Waals surface area contributed by atoms with E-state index in [1.807, 2.05) is 30.3 Å². The molecule has 25 heavy (non-hydrogen) atoms. The fraction of sp³-hybridized carbons (Fsp3) is 0.0500. The second-order valence-corrected chi connectivity index (χ2v) is 6.37. The summed E-state index contributed by atoms with van der Waals surface area (Å²) in [5.74, 6) is -0.435. The van der Waals surface area contributed by atoms with Gasteiger partial charge in [-0.1, -0.05) is 65.7 Å².